The van der Waals surface area contributed by atoms with E-state index >= 15 is 0 Å². The molecule has 184 valence electrons. The highest BCUT2D eigenvalue weighted by Gasteiger charge is 2.73. The minimum atomic E-state index is -1.03. The molecule has 2 bridgehead atoms. The molecule has 1 spiro atoms. The van der Waals surface area contributed by atoms with Gasteiger partial charge in [-0.1, -0.05) is 35.3 Å². The van der Waals surface area contributed by atoms with Gasteiger partial charge in [-0.3, -0.25) is 9.69 Å². The van der Waals surface area contributed by atoms with Crippen molar-refractivity contribution in [3.63, 3.8) is 0 Å². The van der Waals surface area contributed by atoms with Crippen LogP contribution in [0.2, 0.25) is 10.0 Å². The van der Waals surface area contributed by atoms with Crippen LogP contribution in [-0.2, 0) is 11.8 Å². The molecule has 6 nitrogen and oxygen atoms in total. The number of likely N-dealkylation sites (N-methyl/N-ethyl adjacent to an activating group) is 1. The standard InChI is InChI=1S/C27H28Cl2N2O4/c1-3-11-31-12-10-26-22-15-5-7-20(32)23(22)35-24(26)19(8-9-27(26,34)21(31)14-15)30(2)25(33)16-4-6-17(28)18(29)13-16/h3-7,13,19,21,24,32,34H,1,8-12,14H2,2H3/t19-,21+,24-,26-,27+/m0/s1. The van der Waals surface area contributed by atoms with Crippen molar-refractivity contribution in [2.24, 2.45) is 0 Å². The number of hydrogen-bond acceptors (Lipinski definition) is 5. The van der Waals surface area contributed by atoms with Crippen LogP contribution in [0.5, 0.6) is 11.5 Å². The average Bonchev–Trinajstić information content (AvgIpc) is 3.19. The van der Waals surface area contributed by atoms with Crippen LogP contribution in [0.4, 0.5) is 0 Å². The smallest absolute Gasteiger partial charge is 0.254 e. The van der Waals surface area contributed by atoms with Crippen molar-refractivity contribution in [1.82, 2.24) is 9.80 Å². The van der Waals surface area contributed by atoms with Crippen LogP contribution in [-0.4, -0.2) is 69.8 Å². The van der Waals surface area contributed by atoms with Gasteiger partial charge in [-0.2, -0.15) is 0 Å². The summed E-state index contributed by atoms with van der Waals surface area (Å²) in [4.78, 5) is 17.5. The van der Waals surface area contributed by atoms with E-state index in [0.717, 1.165) is 17.7 Å². The molecule has 6 rings (SSSR count). The van der Waals surface area contributed by atoms with Gasteiger partial charge in [0, 0.05) is 30.8 Å². The van der Waals surface area contributed by atoms with E-state index in [0.29, 0.717) is 53.6 Å². The topological polar surface area (TPSA) is 73.2 Å². The first-order valence-electron chi connectivity index (χ1n) is 12.0. The van der Waals surface area contributed by atoms with Gasteiger partial charge < -0.3 is 19.8 Å². The summed E-state index contributed by atoms with van der Waals surface area (Å²) in [5.74, 6) is 0.360. The summed E-state index contributed by atoms with van der Waals surface area (Å²) in [7, 11) is 1.77. The average molecular weight is 515 g/mol. The number of phenols is 1. The second-order valence-corrected chi connectivity index (χ2v) is 11.1. The largest absolute Gasteiger partial charge is 0.504 e. The molecule has 8 heteroatoms. The molecule has 2 heterocycles. The predicted molar refractivity (Wildman–Crippen MR) is 135 cm³/mol. The molecule has 1 saturated heterocycles. The van der Waals surface area contributed by atoms with Gasteiger partial charge in [-0.25, -0.2) is 0 Å². The maximum Gasteiger partial charge on any atom is 0.254 e. The number of rotatable bonds is 4. The zero-order valence-corrected chi connectivity index (χ0v) is 21.0. The first kappa shape index (κ1) is 23.2. The Kier molecular flexibility index (Phi) is 5.21. The number of piperidine rings is 1. The molecule has 2 N–H and O–H groups in total. The number of ether oxygens (including phenoxy) is 1. The van der Waals surface area contributed by atoms with Crippen LogP contribution >= 0.6 is 23.2 Å². The van der Waals surface area contributed by atoms with Gasteiger partial charge in [-0.15, -0.1) is 6.58 Å². The second kappa shape index (κ2) is 7.87. The highest BCUT2D eigenvalue weighted by Crippen LogP contribution is 2.65. The van der Waals surface area contributed by atoms with Gasteiger partial charge in [0.05, 0.1) is 27.1 Å². The fourth-order valence-corrected chi connectivity index (χ4v) is 7.67. The maximum atomic E-state index is 13.5. The zero-order chi connectivity index (χ0) is 24.7. The van der Waals surface area contributed by atoms with E-state index in [1.54, 1.807) is 36.2 Å². The third kappa shape index (κ3) is 2.94. The lowest BCUT2D eigenvalue weighted by molar-refractivity contribution is -0.195. The van der Waals surface area contributed by atoms with Gasteiger partial charge in [0.25, 0.3) is 5.91 Å². The number of amides is 1. The van der Waals surface area contributed by atoms with Crippen molar-refractivity contribution in [1.29, 1.82) is 0 Å². The molecule has 1 saturated carbocycles. The second-order valence-electron chi connectivity index (χ2n) is 10.3. The number of halogens is 2. The highest BCUT2D eigenvalue weighted by molar-refractivity contribution is 6.42. The first-order chi connectivity index (χ1) is 16.7. The van der Waals surface area contributed by atoms with Gasteiger partial charge in [0.2, 0.25) is 0 Å². The quantitative estimate of drug-likeness (QED) is 0.598. The number of nitrogens with zero attached hydrogens (tertiary/aromatic N) is 2. The number of likely N-dealkylation sites (tertiary alicyclic amines) is 1. The third-order valence-electron chi connectivity index (χ3n) is 8.89. The first-order valence-corrected chi connectivity index (χ1v) is 12.8. The summed E-state index contributed by atoms with van der Waals surface area (Å²) < 4.78 is 6.54. The van der Waals surface area contributed by atoms with E-state index in [-0.39, 0.29) is 23.7 Å². The van der Waals surface area contributed by atoms with Gasteiger partial charge in [0.1, 0.15) is 6.10 Å². The van der Waals surface area contributed by atoms with E-state index in [1.807, 2.05) is 12.1 Å². The van der Waals surface area contributed by atoms with Crippen molar-refractivity contribution >= 4 is 29.1 Å². The van der Waals surface area contributed by atoms with E-state index in [9.17, 15) is 15.0 Å². The number of carbonyl (C=O) groups is 1. The third-order valence-corrected chi connectivity index (χ3v) is 9.63. The fourth-order valence-electron chi connectivity index (χ4n) is 7.37. The Morgan fingerprint density at radius 2 is 2.09 bits per heavy atom. The molecule has 0 radical (unpaired) electrons. The lowest BCUT2D eigenvalue weighted by atomic mass is 9.48. The fraction of sp³-hybridized carbons (Fsp3) is 0.444. The Labute approximate surface area is 214 Å². The summed E-state index contributed by atoms with van der Waals surface area (Å²) in [6.45, 7) is 5.40. The number of benzene rings is 2. The Bertz CT molecular complexity index is 1250. The minimum Gasteiger partial charge on any atom is -0.504 e. The summed E-state index contributed by atoms with van der Waals surface area (Å²) in [6.07, 6.45) is 3.88. The van der Waals surface area contributed by atoms with Gasteiger partial charge >= 0.3 is 0 Å². The molecule has 2 aliphatic carbocycles. The molecule has 5 atom stereocenters. The van der Waals surface area contributed by atoms with Crippen LogP contribution in [0.15, 0.2) is 43.0 Å². The normalized spacial score (nSPS) is 32.5. The van der Waals surface area contributed by atoms with Crippen LogP contribution < -0.4 is 4.74 Å². The molecule has 0 aromatic heterocycles. The number of hydrogen-bond donors (Lipinski definition) is 2. The van der Waals surface area contributed by atoms with Crippen LogP contribution in [0, 0.1) is 0 Å². The molecular weight excluding hydrogens is 487 g/mol. The summed E-state index contributed by atoms with van der Waals surface area (Å²) >= 11 is 12.2. The number of phenolic OH excluding ortho intramolecular Hbond substituents is 1. The van der Waals surface area contributed by atoms with Crippen LogP contribution in [0.1, 0.15) is 40.7 Å². The summed E-state index contributed by atoms with van der Waals surface area (Å²) in [5, 5.41) is 23.9. The Morgan fingerprint density at radius 3 is 2.83 bits per heavy atom. The van der Waals surface area contributed by atoms with Crippen LogP contribution in [0.25, 0.3) is 0 Å². The van der Waals surface area contributed by atoms with Crippen molar-refractivity contribution in [3.8, 4) is 11.5 Å². The van der Waals surface area contributed by atoms with Crippen molar-refractivity contribution in [2.45, 2.75) is 54.9 Å². The molecule has 35 heavy (non-hydrogen) atoms. The summed E-state index contributed by atoms with van der Waals surface area (Å²) in [6, 6.07) is 8.14. The predicted octanol–water partition coefficient (Wildman–Crippen LogP) is 4.18. The van der Waals surface area contributed by atoms with E-state index in [2.05, 4.69) is 11.5 Å². The number of aliphatic hydroxyl groups is 1. The van der Waals surface area contributed by atoms with E-state index in [1.165, 1.54) is 0 Å². The summed E-state index contributed by atoms with van der Waals surface area (Å²) in [5.41, 5.74) is 0.741. The molecule has 2 aromatic rings. The zero-order valence-electron chi connectivity index (χ0n) is 19.5. The molecular formula is C27H28Cl2N2O4. The Morgan fingerprint density at radius 1 is 1.29 bits per heavy atom. The maximum absolute atomic E-state index is 13.5. The van der Waals surface area contributed by atoms with Gasteiger partial charge in [0.15, 0.2) is 11.5 Å². The van der Waals surface area contributed by atoms with Crippen molar-refractivity contribution < 1.29 is 19.7 Å². The van der Waals surface area contributed by atoms with E-state index < -0.39 is 17.1 Å². The highest BCUT2D eigenvalue weighted by atomic mass is 35.5. The SMILES string of the molecule is C=CCN1CC[C@]23c4c5ccc(O)c4O[C@H]2[C@@H](N(C)C(=O)c2ccc(Cl)c(Cl)c2)CC[C@@]3(O)[C@H]1C5. The lowest BCUT2D eigenvalue weighted by Crippen LogP contribution is -2.78. The monoisotopic (exact) mass is 514 g/mol. The number of carbonyl (C=O) groups excluding carboxylic acids is 1. The Balaban J connectivity index is 1.45. The van der Waals surface area contributed by atoms with Crippen molar-refractivity contribution in [3.05, 3.63) is 69.7 Å². The van der Waals surface area contributed by atoms with Crippen molar-refractivity contribution in [2.75, 3.05) is 20.1 Å². The number of aromatic hydroxyl groups is 1. The Hall–Kier alpha value is -2.25. The molecule has 4 aliphatic rings. The molecule has 1 amide bonds. The molecule has 2 aliphatic heterocycles. The van der Waals surface area contributed by atoms with Crippen LogP contribution in [0.3, 0.4) is 0 Å². The molecule has 2 aromatic carbocycles. The molecule has 2 fully saturated rings. The van der Waals surface area contributed by atoms with Gasteiger partial charge in [-0.05, 0) is 62.1 Å². The lowest BCUT2D eigenvalue weighted by Gasteiger charge is -2.64. The molecule has 0 unspecified atom stereocenters. The minimum absolute atomic E-state index is 0.0825. The van der Waals surface area contributed by atoms with E-state index in [4.69, 9.17) is 27.9 Å².